The molecule has 2 bridgehead atoms. The van der Waals surface area contributed by atoms with E-state index in [0.29, 0.717) is 40.7 Å². The first-order valence-electron chi connectivity index (χ1n) is 18.1. The van der Waals surface area contributed by atoms with E-state index in [0.717, 1.165) is 83.5 Å². The molecule has 0 spiro atoms. The molecule has 2 N–H and O–H groups in total. The standard InChI is InChI=1S/C39H43F2N7O2/c1-3-29-32(40)7-4-24-16-28(49)17-30(33(24)29)35-34(41)36-31(18-42-35)37(48-19-25-5-6-26(20-48)43-25)45-38(44-36)50-22-39(8-9-39)21-46-10-12-47(13-11-46)27-14-23(2)15-27/h1,4,7,16-18,23,25-27,43,49H,5-6,8-15,19-22H2,2H3. The number of fused-ring (bicyclic) bond motifs is 4. The molecule has 2 aliphatic carbocycles. The van der Waals surface area contributed by atoms with Crippen LogP contribution in [0.3, 0.4) is 0 Å². The van der Waals surface area contributed by atoms with Crippen LogP contribution in [0.4, 0.5) is 14.6 Å². The lowest BCUT2D eigenvalue weighted by Crippen LogP contribution is -2.54. The number of benzene rings is 2. The SMILES string of the molecule is C#Cc1c(F)ccc2cc(O)cc(-c3ncc4c(N5CC6CCC(C5)N6)nc(OCC5(CN6CCN(C7CC(C)C7)CC6)CC5)nc4c3F)c12. The topological polar surface area (TPSA) is 89.9 Å². The average Bonchev–Trinajstić information content (AvgIpc) is 3.79. The lowest BCUT2D eigenvalue weighted by Gasteiger charge is -2.46. The molecule has 50 heavy (non-hydrogen) atoms. The molecule has 11 heteroatoms. The molecule has 3 saturated heterocycles. The molecule has 2 saturated carbocycles. The van der Waals surface area contributed by atoms with Crippen LogP contribution in [0.5, 0.6) is 11.8 Å². The van der Waals surface area contributed by atoms with Gasteiger partial charge in [0, 0.05) is 86.5 Å². The van der Waals surface area contributed by atoms with Gasteiger partial charge in [-0.25, -0.2) is 8.78 Å². The Morgan fingerprint density at radius 3 is 2.52 bits per heavy atom. The zero-order valence-electron chi connectivity index (χ0n) is 28.5. The molecular formula is C39H43F2N7O2. The molecule has 2 atom stereocenters. The van der Waals surface area contributed by atoms with Crippen molar-refractivity contribution in [1.29, 1.82) is 0 Å². The van der Waals surface area contributed by atoms with Crippen LogP contribution in [0.15, 0.2) is 30.5 Å². The first-order valence-corrected chi connectivity index (χ1v) is 18.1. The van der Waals surface area contributed by atoms with E-state index >= 15 is 4.39 Å². The minimum Gasteiger partial charge on any atom is -0.508 e. The van der Waals surface area contributed by atoms with Crippen LogP contribution < -0.4 is 15.0 Å². The van der Waals surface area contributed by atoms with Crippen molar-refractivity contribution in [2.45, 2.75) is 63.6 Å². The lowest BCUT2D eigenvalue weighted by atomic mass is 9.80. The summed E-state index contributed by atoms with van der Waals surface area (Å²) in [6.07, 6.45) is 14.3. The van der Waals surface area contributed by atoms with Crippen LogP contribution in [0.1, 0.15) is 51.0 Å². The maximum Gasteiger partial charge on any atom is 0.319 e. The fraction of sp³-hybridized carbons (Fsp3) is 0.513. The summed E-state index contributed by atoms with van der Waals surface area (Å²) in [5, 5.41) is 15.5. The molecule has 9 rings (SSSR count). The van der Waals surface area contributed by atoms with Crippen molar-refractivity contribution < 1.29 is 18.6 Å². The van der Waals surface area contributed by atoms with E-state index in [4.69, 9.17) is 16.1 Å². The van der Waals surface area contributed by atoms with Crippen LogP contribution in [0.25, 0.3) is 32.9 Å². The van der Waals surface area contributed by atoms with E-state index in [1.807, 2.05) is 0 Å². The fourth-order valence-electron chi connectivity index (χ4n) is 8.90. The predicted molar refractivity (Wildman–Crippen MR) is 189 cm³/mol. The highest BCUT2D eigenvalue weighted by Gasteiger charge is 2.46. The minimum absolute atomic E-state index is 0.0173. The summed E-state index contributed by atoms with van der Waals surface area (Å²) in [6, 6.07) is 7.18. The quantitative estimate of drug-likeness (QED) is 0.240. The van der Waals surface area contributed by atoms with Gasteiger partial charge in [0.2, 0.25) is 0 Å². The smallest absolute Gasteiger partial charge is 0.319 e. The van der Waals surface area contributed by atoms with Crippen molar-refractivity contribution in [2.24, 2.45) is 11.3 Å². The molecule has 260 valence electrons. The number of aromatic hydroxyl groups is 1. The zero-order chi connectivity index (χ0) is 34.1. The number of ether oxygens (including phenoxy) is 1. The summed E-state index contributed by atoms with van der Waals surface area (Å²) < 4.78 is 38.2. The van der Waals surface area contributed by atoms with Crippen LogP contribution in [0.2, 0.25) is 0 Å². The molecule has 2 aromatic heterocycles. The van der Waals surface area contributed by atoms with Crippen LogP contribution in [0, 0.1) is 35.3 Å². The number of pyridine rings is 1. The van der Waals surface area contributed by atoms with Gasteiger partial charge in [-0.15, -0.1) is 6.42 Å². The highest BCUT2D eigenvalue weighted by molar-refractivity contribution is 6.03. The van der Waals surface area contributed by atoms with Gasteiger partial charge >= 0.3 is 6.01 Å². The van der Waals surface area contributed by atoms with E-state index < -0.39 is 11.6 Å². The Bertz CT molecular complexity index is 2000. The van der Waals surface area contributed by atoms with E-state index in [1.54, 1.807) is 6.20 Å². The third kappa shape index (κ3) is 5.71. The first kappa shape index (κ1) is 31.8. The lowest BCUT2D eigenvalue weighted by molar-refractivity contribution is 0.0282. The number of aromatic nitrogens is 3. The van der Waals surface area contributed by atoms with Crippen LogP contribution >= 0.6 is 0 Å². The predicted octanol–water partition coefficient (Wildman–Crippen LogP) is 5.33. The van der Waals surface area contributed by atoms with Crippen molar-refractivity contribution in [2.75, 3.05) is 57.3 Å². The molecule has 3 aliphatic heterocycles. The summed E-state index contributed by atoms with van der Waals surface area (Å²) >= 11 is 0. The summed E-state index contributed by atoms with van der Waals surface area (Å²) in [5.74, 6) is 2.45. The second-order valence-corrected chi connectivity index (χ2v) is 15.5. The Balaban J connectivity index is 1.04. The third-order valence-corrected chi connectivity index (χ3v) is 11.9. The molecule has 4 aromatic rings. The molecule has 5 fully saturated rings. The normalized spacial score (nSPS) is 26.2. The number of nitrogens with zero attached hydrogens (tertiary/aromatic N) is 6. The van der Waals surface area contributed by atoms with Crippen molar-refractivity contribution in [3.8, 4) is 35.4 Å². The number of piperazine rings is 2. The number of anilines is 1. The Morgan fingerprint density at radius 2 is 1.82 bits per heavy atom. The molecule has 5 aliphatic rings. The van der Waals surface area contributed by atoms with Gasteiger partial charge in [-0.1, -0.05) is 18.9 Å². The summed E-state index contributed by atoms with van der Waals surface area (Å²) in [5.41, 5.74) is 0.209. The van der Waals surface area contributed by atoms with E-state index in [1.165, 1.54) is 37.1 Å². The van der Waals surface area contributed by atoms with Gasteiger partial charge in [-0.05, 0) is 68.0 Å². The number of rotatable bonds is 8. The molecule has 2 unspecified atom stereocenters. The third-order valence-electron chi connectivity index (χ3n) is 11.9. The summed E-state index contributed by atoms with van der Waals surface area (Å²) in [4.78, 5) is 21.6. The average molecular weight is 680 g/mol. The largest absolute Gasteiger partial charge is 0.508 e. The van der Waals surface area contributed by atoms with Gasteiger partial charge in [-0.3, -0.25) is 9.88 Å². The monoisotopic (exact) mass is 679 g/mol. The van der Waals surface area contributed by atoms with Crippen LogP contribution in [-0.4, -0.2) is 100 Å². The summed E-state index contributed by atoms with van der Waals surface area (Å²) in [7, 11) is 0. The fourth-order valence-corrected chi connectivity index (χ4v) is 8.90. The molecule has 5 heterocycles. The van der Waals surface area contributed by atoms with Gasteiger partial charge in [0.05, 0.1) is 17.6 Å². The van der Waals surface area contributed by atoms with Crippen molar-refractivity contribution >= 4 is 27.5 Å². The van der Waals surface area contributed by atoms with Gasteiger partial charge in [0.25, 0.3) is 0 Å². The van der Waals surface area contributed by atoms with E-state index in [2.05, 4.69) is 42.8 Å². The van der Waals surface area contributed by atoms with Crippen LogP contribution in [-0.2, 0) is 0 Å². The number of phenolic OH excluding ortho intramolecular Hbond substituents is 1. The maximum atomic E-state index is 16.9. The van der Waals surface area contributed by atoms with Gasteiger partial charge in [0.15, 0.2) is 5.82 Å². The van der Waals surface area contributed by atoms with Gasteiger partial charge in [-0.2, -0.15) is 9.97 Å². The Kier molecular flexibility index (Phi) is 7.83. The molecule has 2 aromatic carbocycles. The number of phenols is 1. The first-order chi connectivity index (χ1) is 24.3. The highest BCUT2D eigenvalue weighted by Crippen LogP contribution is 2.47. The van der Waals surface area contributed by atoms with E-state index in [-0.39, 0.29) is 39.5 Å². The second-order valence-electron chi connectivity index (χ2n) is 15.5. The number of hydrogen-bond acceptors (Lipinski definition) is 9. The molecular weight excluding hydrogens is 636 g/mol. The summed E-state index contributed by atoms with van der Waals surface area (Å²) in [6.45, 7) is 9.66. The minimum atomic E-state index is -0.701. The van der Waals surface area contributed by atoms with Crippen molar-refractivity contribution in [1.82, 2.24) is 30.1 Å². The maximum absolute atomic E-state index is 16.9. The second kappa shape index (κ2) is 12.3. The highest BCUT2D eigenvalue weighted by atomic mass is 19.1. The Labute approximate surface area is 291 Å². The van der Waals surface area contributed by atoms with Gasteiger partial charge in [0.1, 0.15) is 28.6 Å². The Morgan fingerprint density at radius 1 is 1.06 bits per heavy atom. The number of halogens is 2. The zero-order valence-corrected chi connectivity index (χ0v) is 28.5. The van der Waals surface area contributed by atoms with E-state index in [9.17, 15) is 9.50 Å². The number of terminal acetylenes is 1. The number of hydrogen-bond donors (Lipinski definition) is 2. The van der Waals surface area contributed by atoms with Crippen molar-refractivity contribution in [3.63, 3.8) is 0 Å². The number of nitrogens with one attached hydrogen (secondary N) is 1. The van der Waals surface area contributed by atoms with Crippen molar-refractivity contribution in [3.05, 3.63) is 47.7 Å². The van der Waals surface area contributed by atoms with Gasteiger partial charge < -0.3 is 25.0 Å². The Hall–Kier alpha value is -4.11. The molecule has 9 nitrogen and oxygen atoms in total. The molecule has 0 amide bonds. The molecule has 0 radical (unpaired) electrons.